The number of benzene rings is 1. The van der Waals surface area contributed by atoms with Crippen LogP contribution in [0.4, 0.5) is 4.79 Å². The summed E-state index contributed by atoms with van der Waals surface area (Å²) >= 11 is 0. The second kappa shape index (κ2) is 12.0. The molecular weight excluding hydrogens is 404 g/mol. The maximum atomic E-state index is 12.7. The third-order valence-corrected chi connectivity index (χ3v) is 4.11. The van der Waals surface area contributed by atoms with Gasteiger partial charge >= 0.3 is 12.1 Å². The molecule has 0 heterocycles. The average Bonchev–Trinajstić information content (AvgIpc) is 2.66. The van der Waals surface area contributed by atoms with Crippen LogP contribution in [-0.4, -0.2) is 52.6 Å². The molecule has 9 nitrogen and oxygen atoms in total. The number of ketones is 1. The minimum Gasteiger partial charge on any atom is -0.461 e. The Morgan fingerprint density at radius 1 is 1.06 bits per heavy atom. The van der Waals surface area contributed by atoms with E-state index in [-0.39, 0.29) is 19.4 Å². The normalized spacial score (nSPS) is 14.0. The van der Waals surface area contributed by atoms with E-state index in [1.807, 2.05) is 30.3 Å². The molecule has 31 heavy (non-hydrogen) atoms. The van der Waals surface area contributed by atoms with Gasteiger partial charge in [-0.25, -0.2) is 4.79 Å². The third-order valence-electron chi connectivity index (χ3n) is 4.11. The molecule has 0 saturated carbocycles. The smallest absolute Gasteiger partial charge is 0.408 e. The number of esters is 1. The number of carbonyl (C=O) groups excluding carboxylic acids is 4. The number of hydrogen-bond acceptors (Lipinski definition) is 7. The molecule has 172 valence electrons. The number of aliphatic hydroxyl groups excluding tert-OH is 1. The Labute approximate surface area is 182 Å². The molecule has 2 amide bonds. The van der Waals surface area contributed by atoms with E-state index in [9.17, 15) is 24.3 Å². The Kier molecular flexibility index (Phi) is 10.1. The number of nitrogens with one attached hydrogen (secondary N) is 2. The van der Waals surface area contributed by atoms with Gasteiger partial charge in [-0.3, -0.25) is 14.4 Å². The van der Waals surface area contributed by atoms with Crippen LogP contribution >= 0.6 is 0 Å². The molecule has 1 aromatic carbocycles. The van der Waals surface area contributed by atoms with Gasteiger partial charge in [0, 0.05) is 6.42 Å². The summed E-state index contributed by atoms with van der Waals surface area (Å²) in [7, 11) is 0. The first-order chi connectivity index (χ1) is 14.4. The van der Waals surface area contributed by atoms with Crippen molar-refractivity contribution in [1.82, 2.24) is 10.6 Å². The number of Topliss-reactive ketones (excluding diaryl/α,β-unsaturated/α-hetero) is 1. The number of aliphatic hydroxyl groups is 1. The van der Waals surface area contributed by atoms with Gasteiger partial charge in [-0.05, 0) is 46.6 Å². The summed E-state index contributed by atoms with van der Waals surface area (Å²) < 4.78 is 10.4. The van der Waals surface area contributed by atoms with E-state index >= 15 is 0 Å². The standard InChI is InChI=1S/C22H32N2O7/c1-14(25)19(15(2)26)24-20(28)17(23-21(29)31-22(3,4)5)11-12-18(27)30-13-16-9-7-6-8-10-16/h6-10,14,17,19,25H,11-13H2,1-5H3,(H,23,29)(H,24,28)/t14?,17-,19-/m0/s1. The van der Waals surface area contributed by atoms with Gasteiger partial charge in [0.2, 0.25) is 5.91 Å². The maximum absolute atomic E-state index is 12.7. The molecule has 0 aliphatic rings. The lowest BCUT2D eigenvalue weighted by Crippen LogP contribution is -2.54. The summed E-state index contributed by atoms with van der Waals surface area (Å²) in [5, 5.41) is 14.5. The fourth-order valence-electron chi connectivity index (χ4n) is 2.61. The minimum absolute atomic E-state index is 0.0802. The molecule has 9 heteroatoms. The van der Waals surface area contributed by atoms with E-state index in [1.54, 1.807) is 20.8 Å². The molecule has 0 aromatic heterocycles. The first-order valence-electron chi connectivity index (χ1n) is 10.1. The molecule has 0 spiro atoms. The molecule has 1 unspecified atom stereocenters. The van der Waals surface area contributed by atoms with Crippen LogP contribution in [-0.2, 0) is 30.5 Å². The van der Waals surface area contributed by atoms with E-state index in [0.717, 1.165) is 5.56 Å². The first-order valence-corrected chi connectivity index (χ1v) is 10.1. The summed E-state index contributed by atoms with van der Waals surface area (Å²) in [6, 6.07) is 6.81. The highest BCUT2D eigenvalue weighted by Crippen LogP contribution is 2.09. The highest BCUT2D eigenvalue weighted by molar-refractivity contribution is 5.91. The Balaban J connectivity index is 2.76. The van der Waals surface area contributed by atoms with Gasteiger partial charge in [0.25, 0.3) is 0 Å². The van der Waals surface area contributed by atoms with E-state index in [2.05, 4.69) is 10.6 Å². The van der Waals surface area contributed by atoms with Gasteiger partial charge in [-0.2, -0.15) is 0 Å². The van der Waals surface area contributed by atoms with Gasteiger partial charge in [0.15, 0.2) is 5.78 Å². The first kappa shape index (κ1) is 26.1. The van der Waals surface area contributed by atoms with E-state index < -0.39 is 47.5 Å². The second-order valence-electron chi connectivity index (χ2n) is 8.22. The maximum Gasteiger partial charge on any atom is 0.408 e. The van der Waals surface area contributed by atoms with Gasteiger partial charge in [0.1, 0.15) is 24.3 Å². The largest absolute Gasteiger partial charge is 0.461 e. The zero-order chi connectivity index (χ0) is 23.6. The average molecular weight is 437 g/mol. The van der Waals surface area contributed by atoms with Crippen LogP contribution in [0.1, 0.15) is 53.0 Å². The predicted molar refractivity (Wildman–Crippen MR) is 113 cm³/mol. The van der Waals surface area contributed by atoms with E-state index in [1.165, 1.54) is 13.8 Å². The predicted octanol–water partition coefficient (Wildman–Crippen LogP) is 1.86. The molecule has 0 aliphatic heterocycles. The summed E-state index contributed by atoms with van der Waals surface area (Å²) in [5.74, 6) is -1.71. The molecule has 3 N–H and O–H groups in total. The number of ether oxygens (including phenoxy) is 2. The van der Waals surface area contributed by atoms with Crippen LogP contribution in [0.5, 0.6) is 0 Å². The number of carbonyl (C=O) groups is 4. The van der Waals surface area contributed by atoms with Crippen molar-refractivity contribution in [2.24, 2.45) is 0 Å². The van der Waals surface area contributed by atoms with Crippen LogP contribution in [0.25, 0.3) is 0 Å². The lowest BCUT2D eigenvalue weighted by molar-refractivity contribution is -0.145. The molecule has 3 atom stereocenters. The number of alkyl carbamates (subject to hydrolysis) is 1. The highest BCUT2D eigenvalue weighted by atomic mass is 16.6. The fraction of sp³-hybridized carbons (Fsp3) is 0.545. The van der Waals surface area contributed by atoms with Crippen LogP contribution in [0.15, 0.2) is 30.3 Å². The van der Waals surface area contributed by atoms with E-state index in [4.69, 9.17) is 9.47 Å². The molecule has 0 radical (unpaired) electrons. The van der Waals surface area contributed by atoms with Crippen LogP contribution in [0, 0.1) is 0 Å². The van der Waals surface area contributed by atoms with Crippen molar-refractivity contribution >= 4 is 23.8 Å². The Bertz CT molecular complexity index is 757. The van der Waals surface area contributed by atoms with Gasteiger partial charge < -0.3 is 25.2 Å². The number of hydrogen-bond donors (Lipinski definition) is 3. The van der Waals surface area contributed by atoms with Crippen molar-refractivity contribution in [3.8, 4) is 0 Å². The molecular formula is C22H32N2O7. The van der Waals surface area contributed by atoms with Crippen molar-refractivity contribution in [2.45, 2.75) is 77.9 Å². The molecule has 0 bridgehead atoms. The number of amides is 2. The zero-order valence-corrected chi connectivity index (χ0v) is 18.6. The molecule has 0 saturated heterocycles. The zero-order valence-electron chi connectivity index (χ0n) is 18.6. The Hall–Kier alpha value is -2.94. The summed E-state index contributed by atoms with van der Waals surface area (Å²) in [4.78, 5) is 48.6. The molecule has 0 fully saturated rings. The van der Waals surface area contributed by atoms with Crippen molar-refractivity contribution in [1.29, 1.82) is 0 Å². The molecule has 1 rings (SSSR count). The van der Waals surface area contributed by atoms with Crippen LogP contribution in [0.2, 0.25) is 0 Å². The van der Waals surface area contributed by atoms with Crippen molar-refractivity contribution < 1.29 is 33.8 Å². The van der Waals surface area contributed by atoms with Crippen molar-refractivity contribution in [2.75, 3.05) is 0 Å². The SMILES string of the molecule is CC(=O)[C@@H](NC(=O)[C@H](CCC(=O)OCc1ccccc1)NC(=O)OC(C)(C)C)C(C)O. The van der Waals surface area contributed by atoms with E-state index in [0.29, 0.717) is 0 Å². The molecule has 0 aliphatic carbocycles. The Morgan fingerprint density at radius 3 is 2.19 bits per heavy atom. The summed E-state index contributed by atoms with van der Waals surface area (Å²) in [6.07, 6.45) is -2.20. The Morgan fingerprint density at radius 2 is 1.68 bits per heavy atom. The minimum atomic E-state index is -1.17. The summed E-state index contributed by atoms with van der Waals surface area (Å²) in [5.41, 5.74) is 0.0274. The third kappa shape index (κ3) is 10.6. The lowest BCUT2D eigenvalue weighted by atomic mass is 10.1. The van der Waals surface area contributed by atoms with Crippen molar-refractivity contribution in [3.63, 3.8) is 0 Å². The highest BCUT2D eigenvalue weighted by Gasteiger charge is 2.29. The monoisotopic (exact) mass is 436 g/mol. The van der Waals surface area contributed by atoms with Crippen LogP contribution in [0.3, 0.4) is 0 Å². The second-order valence-corrected chi connectivity index (χ2v) is 8.22. The van der Waals surface area contributed by atoms with Crippen molar-refractivity contribution in [3.05, 3.63) is 35.9 Å². The fourth-order valence-corrected chi connectivity index (χ4v) is 2.61. The topological polar surface area (TPSA) is 131 Å². The summed E-state index contributed by atoms with van der Waals surface area (Å²) in [6.45, 7) is 7.69. The quantitative estimate of drug-likeness (QED) is 0.477. The number of rotatable bonds is 10. The lowest BCUT2D eigenvalue weighted by Gasteiger charge is -2.25. The van der Waals surface area contributed by atoms with Crippen LogP contribution < -0.4 is 10.6 Å². The van der Waals surface area contributed by atoms with Gasteiger partial charge in [0.05, 0.1) is 6.10 Å². The van der Waals surface area contributed by atoms with Gasteiger partial charge in [-0.1, -0.05) is 30.3 Å². The molecule has 1 aromatic rings. The van der Waals surface area contributed by atoms with Gasteiger partial charge in [-0.15, -0.1) is 0 Å².